The van der Waals surface area contributed by atoms with Crippen molar-refractivity contribution >= 4 is 34.8 Å². The van der Waals surface area contributed by atoms with Crippen LogP contribution in [0.1, 0.15) is 27.6 Å². The van der Waals surface area contributed by atoms with Gasteiger partial charge in [0, 0.05) is 12.6 Å². The number of benzene rings is 2. The molecule has 4 rings (SSSR count). The molecule has 1 unspecified atom stereocenters. The van der Waals surface area contributed by atoms with Crippen LogP contribution < -0.4 is 14.5 Å². The highest BCUT2D eigenvalue weighted by Crippen LogP contribution is 2.34. The maximum Gasteiger partial charge on any atom is 0.299 e. The van der Waals surface area contributed by atoms with Crippen molar-refractivity contribution in [1.82, 2.24) is 0 Å². The van der Waals surface area contributed by atoms with E-state index in [1.807, 2.05) is 0 Å². The predicted octanol–water partition coefficient (Wildman–Crippen LogP) is 1.84. The van der Waals surface area contributed by atoms with Crippen LogP contribution in [-0.4, -0.2) is 43.1 Å². The summed E-state index contributed by atoms with van der Waals surface area (Å²) >= 11 is 0. The molecule has 1 atom stereocenters. The lowest BCUT2D eigenvalue weighted by molar-refractivity contribution is -0.125. The minimum atomic E-state index is -0.716. The second-order valence-corrected chi connectivity index (χ2v) is 6.50. The molecule has 136 valence electrons. The molecule has 7 heteroatoms. The number of ketones is 2. The number of Topliss-reactive ketones (excluding diaryl/α,β-unsaturated/α-hetero) is 2. The number of fused-ring (bicyclic) bond motifs is 2. The Kier molecular flexibility index (Phi) is 3.80. The van der Waals surface area contributed by atoms with Gasteiger partial charge >= 0.3 is 0 Å². The summed E-state index contributed by atoms with van der Waals surface area (Å²) in [4.78, 5) is 51.8. The molecule has 7 nitrogen and oxygen atoms in total. The Hall–Kier alpha value is -3.48. The lowest BCUT2D eigenvalue weighted by Gasteiger charge is -2.30. The first-order valence-electron chi connectivity index (χ1n) is 8.45. The number of carbonyl (C=O) groups is 4. The van der Waals surface area contributed by atoms with Crippen LogP contribution in [0, 0.1) is 0 Å². The highest BCUT2D eigenvalue weighted by molar-refractivity contribution is 6.52. The molecule has 0 aliphatic carbocycles. The smallest absolute Gasteiger partial charge is 0.299 e. The molecular formula is C20H16N2O5. The van der Waals surface area contributed by atoms with E-state index in [2.05, 4.69) is 0 Å². The summed E-state index contributed by atoms with van der Waals surface area (Å²) in [5.74, 6) is -1.36. The average molecular weight is 364 g/mol. The number of hydrogen-bond donors (Lipinski definition) is 0. The number of anilines is 2. The van der Waals surface area contributed by atoms with Crippen LogP contribution in [0.15, 0.2) is 42.5 Å². The number of amides is 2. The number of para-hydroxylation sites is 1. The molecule has 2 aliphatic heterocycles. The second-order valence-electron chi connectivity index (χ2n) is 6.50. The molecule has 0 N–H and O–H groups in total. The van der Waals surface area contributed by atoms with Gasteiger partial charge in [0.05, 0.1) is 23.5 Å². The van der Waals surface area contributed by atoms with E-state index in [0.717, 1.165) is 0 Å². The van der Waals surface area contributed by atoms with Crippen LogP contribution in [0.5, 0.6) is 5.75 Å². The molecule has 2 heterocycles. The van der Waals surface area contributed by atoms with Crippen molar-refractivity contribution < 1.29 is 23.9 Å². The van der Waals surface area contributed by atoms with Gasteiger partial charge in [0.1, 0.15) is 5.75 Å². The van der Waals surface area contributed by atoms with Gasteiger partial charge in [-0.3, -0.25) is 24.1 Å². The first-order chi connectivity index (χ1) is 12.9. The Balaban J connectivity index is 1.63. The minimum absolute atomic E-state index is 0.207. The Morgan fingerprint density at radius 1 is 1.07 bits per heavy atom. The predicted molar refractivity (Wildman–Crippen MR) is 97.4 cm³/mol. The Labute approximate surface area is 155 Å². The Bertz CT molecular complexity index is 1010. The second kappa shape index (κ2) is 6.05. The van der Waals surface area contributed by atoms with Crippen LogP contribution >= 0.6 is 0 Å². The van der Waals surface area contributed by atoms with Gasteiger partial charge in [-0.2, -0.15) is 0 Å². The third kappa shape index (κ3) is 2.59. The summed E-state index contributed by atoms with van der Waals surface area (Å²) in [7, 11) is 1.62. The maximum atomic E-state index is 12.8. The first-order valence-corrected chi connectivity index (χ1v) is 8.45. The van der Waals surface area contributed by atoms with E-state index in [-0.39, 0.29) is 18.2 Å². The average Bonchev–Trinajstić information content (AvgIpc) is 2.91. The van der Waals surface area contributed by atoms with E-state index in [1.165, 1.54) is 9.80 Å². The quantitative estimate of drug-likeness (QED) is 0.613. The van der Waals surface area contributed by atoms with Crippen LogP contribution in [0.4, 0.5) is 11.4 Å². The zero-order chi connectivity index (χ0) is 19.3. The SMILES string of the molecule is CC1Oc2ccc(C(=O)CN3C(=O)C(=O)c4ccccc43)cc2N(C)C1=O. The lowest BCUT2D eigenvalue weighted by atomic mass is 10.1. The van der Waals surface area contributed by atoms with Crippen LogP contribution in [0.2, 0.25) is 0 Å². The van der Waals surface area contributed by atoms with Gasteiger partial charge < -0.3 is 9.64 Å². The number of likely N-dealkylation sites (N-methyl/N-ethyl adjacent to an activating group) is 1. The normalized spacial score (nSPS) is 18.3. The highest BCUT2D eigenvalue weighted by Gasteiger charge is 2.37. The molecule has 2 aromatic carbocycles. The molecule has 0 radical (unpaired) electrons. The van der Waals surface area contributed by atoms with E-state index in [1.54, 1.807) is 56.4 Å². The first kappa shape index (κ1) is 17.0. The zero-order valence-electron chi connectivity index (χ0n) is 14.8. The summed E-state index contributed by atoms with van der Waals surface area (Å²) in [6.07, 6.45) is -0.589. The molecule has 2 aromatic rings. The van der Waals surface area contributed by atoms with Crippen LogP contribution in [-0.2, 0) is 9.59 Å². The van der Waals surface area contributed by atoms with E-state index in [4.69, 9.17) is 4.74 Å². The van der Waals surface area contributed by atoms with Gasteiger partial charge in [0.25, 0.3) is 17.6 Å². The fourth-order valence-electron chi connectivity index (χ4n) is 3.32. The monoisotopic (exact) mass is 364 g/mol. The molecule has 0 saturated heterocycles. The van der Waals surface area contributed by atoms with Crippen molar-refractivity contribution in [1.29, 1.82) is 0 Å². The standard InChI is InChI=1S/C20H16N2O5/c1-11-19(25)21(2)15-9-12(7-8-17(15)27-11)16(23)10-22-14-6-4-3-5-13(14)18(24)20(22)26/h3-9,11H,10H2,1-2H3. The number of rotatable bonds is 3. The summed E-state index contributed by atoms with van der Waals surface area (Å²) in [6, 6.07) is 11.4. The van der Waals surface area contributed by atoms with E-state index < -0.39 is 17.8 Å². The summed E-state index contributed by atoms with van der Waals surface area (Å²) < 4.78 is 5.55. The largest absolute Gasteiger partial charge is 0.479 e. The fourth-order valence-corrected chi connectivity index (χ4v) is 3.32. The number of nitrogens with zero attached hydrogens (tertiary/aromatic N) is 2. The van der Waals surface area contributed by atoms with Crippen molar-refractivity contribution in [2.24, 2.45) is 0 Å². The summed E-state index contributed by atoms with van der Waals surface area (Å²) in [6.45, 7) is 1.41. The summed E-state index contributed by atoms with van der Waals surface area (Å²) in [5.41, 5.74) is 1.56. The molecule has 2 amide bonds. The molecule has 0 bridgehead atoms. The van der Waals surface area contributed by atoms with Gasteiger partial charge in [-0.15, -0.1) is 0 Å². The van der Waals surface area contributed by atoms with E-state index >= 15 is 0 Å². The third-order valence-electron chi connectivity index (χ3n) is 4.80. The molecule has 0 fully saturated rings. The van der Waals surface area contributed by atoms with Crippen molar-refractivity contribution in [3.8, 4) is 5.75 Å². The highest BCUT2D eigenvalue weighted by atomic mass is 16.5. The van der Waals surface area contributed by atoms with Crippen LogP contribution in [0.3, 0.4) is 0 Å². The molecule has 27 heavy (non-hydrogen) atoms. The van der Waals surface area contributed by atoms with Crippen molar-refractivity contribution in [2.45, 2.75) is 13.0 Å². The summed E-state index contributed by atoms with van der Waals surface area (Å²) in [5, 5.41) is 0. The Morgan fingerprint density at radius 2 is 1.81 bits per heavy atom. The van der Waals surface area contributed by atoms with Gasteiger partial charge in [-0.05, 0) is 37.3 Å². The molecule has 0 aromatic heterocycles. The van der Waals surface area contributed by atoms with E-state index in [0.29, 0.717) is 28.3 Å². The minimum Gasteiger partial charge on any atom is -0.479 e. The van der Waals surface area contributed by atoms with Crippen LogP contribution in [0.25, 0.3) is 0 Å². The fraction of sp³-hybridized carbons (Fsp3) is 0.200. The van der Waals surface area contributed by atoms with Gasteiger partial charge in [0.15, 0.2) is 11.9 Å². The molecule has 0 spiro atoms. The van der Waals surface area contributed by atoms with Gasteiger partial charge in [0.2, 0.25) is 0 Å². The Morgan fingerprint density at radius 3 is 2.59 bits per heavy atom. The van der Waals surface area contributed by atoms with Crippen molar-refractivity contribution in [3.63, 3.8) is 0 Å². The number of ether oxygens (including phenoxy) is 1. The van der Waals surface area contributed by atoms with Crippen molar-refractivity contribution in [3.05, 3.63) is 53.6 Å². The molecule has 0 saturated carbocycles. The van der Waals surface area contributed by atoms with E-state index in [9.17, 15) is 19.2 Å². The topological polar surface area (TPSA) is 84.0 Å². The number of hydrogen-bond acceptors (Lipinski definition) is 5. The van der Waals surface area contributed by atoms with Gasteiger partial charge in [-0.25, -0.2) is 0 Å². The van der Waals surface area contributed by atoms with Gasteiger partial charge in [-0.1, -0.05) is 12.1 Å². The van der Waals surface area contributed by atoms with Crippen molar-refractivity contribution in [2.75, 3.05) is 23.4 Å². The third-order valence-corrected chi connectivity index (χ3v) is 4.80. The molecule has 2 aliphatic rings. The number of carbonyl (C=O) groups excluding carboxylic acids is 4. The maximum absolute atomic E-state index is 12.8. The molecular weight excluding hydrogens is 348 g/mol. The lowest BCUT2D eigenvalue weighted by Crippen LogP contribution is -2.42. The zero-order valence-corrected chi connectivity index (χ0v) is 14.8.